The average Bonchev–Trinajstić information content (AvgIpc) is 3.46. The molecule has 1 fully saturated rings. The zero-order chi connectivity index (χ0) is 17.2. The van der Waals surface area contributed by atoms with E-state index in [2.05, 4.69) is 22.1 Å². The summed E-state index contributed by atoms with van der Waals surface area (Å²) in [6.07, 6.45) is 5.88. The Labute approximate surface area is 148 Å². The predicted octanol–water partition coefficient (Wildman–Crippen LogP) is 2.42. The van der Waals surface area contributed by atoms with Crippen LogP contribution in [0.1, 0.15) is 48.5 Å². The normalized spacial score (nSPS) is 18.4. The molecule has 2 aromatic rings. The number of carbonyl (C=O) groups excluding carboxylic acids is 1. The van der Waals surface area contributed by atoms with Crippen LogP contribution in [0.15, 0.2) is 36.5 Å². The number of nitrogens with one attached hydrogen (secondary N) is 1. The summed E-state index contributed by atoms with van der Waals surface area (Å²) in [5.41, 5.74) is 3.33. The van der Waals surface area contributed by atoms with Crippen LogP contribution < -0.4 is 5.32 Å². The van der Waals surface area contributed by atoms with Crippen LogP contribution in [-0.2, 0) is 24.2 Å². The third-order valence-corrected chi connectivity index (χ3v) is 4.99. The van der Waals surface area contributed by atoms with Gasteiger partial charge in [-0.15, -0.1) is 0 Å². The quantitative estimate of drug-likeness (QED) is 0.911. The van der Waals surface area contributed by atoms with Crippen molar-refractivity contribution in [3.63, 3.8) is 0 Å². The number of hydrogen-bond acceptors (Lipinski definition) is 4. The van der Waals surface area contributed by atoms with E-state index in [1.807, 2.05) is 36.5 Å². The molecule has 1 aromatic heterocycles. The van der Waals surface area contributed by atoms with Crippen molar-refractivity contribution in [2.75, 3.05) is 6.54 Å². The van der Waals surface area contributed by atoms with Crippen LogP contribution in [0, 0.1) is 0 Å². The lowest BCUT2D eigenvalue weighted by Crippen LogP contribution is -2.43. The number of aryl methyl sites for hydroxylation is 1. The number of nitrogens with zero attached hydrogens (tertiary/aromatic N) is 3. The second-order valence-corrected chi connectivity index (χ2v) is 6.93. The van der Waals surface area contributed by atoms with Gasteiger partial charge < -0.3 is 5.32 Å². The van der Waals surface area contributed by atoms with Crippen molar-refractivity contribution in [2.45, 2.75) is 51.2 Å². The van der Waals surface area contributed by atoms with Gasteiger partial charge in [0.05, 0.1) is 5.69 Å². The molecular formula is C20H24N4O. The third-order valence-electron chi connectivity index (χ3n) is 4.99. The maximum absolute atomic E-state index is 12.9. The first-order valence-corrected chi connectivity index (χ1v) is 9.17. The molecule has 1 atom stereocenters. The molecule has 25 heavy (non-hydrogen) atoms. The van der Waals surface area contributed by atoms with Gasteiger partial charge in [-0.05, 0) is 30.4 Å². The second-order valence-electron chi connectivity index (χ2n) is 6.93. The van der Waals surface area contributed by atoms with Gasteiger partial charge in [0.1, 0.15) is 11.9 Å². The molecule has 0 bridgehead atoms. The lowest BCUT2D eigenvalue weighted by molar-refractivity contribution is -0.127. The van der Waals surface area contributed by atoms with Crippen molar-refractivity contribution in [2.24, 2.45) is 0 Å². The van der Waals surface area contributed by atoms with Gasteiger partial charge in [0.2, 0.25) is 5.91 Å². The summed E-state index contributed by atoms with van der Waals surface area (Å²) < 4.78 is 0. The first-order valence-electron chi connectivity index (χ1n) is 9.17. The summed E-state index contributed by atoms with van der Waals surface area (Å²) in [5, 5.41) is 3.18. The van der Waals surface area contributed by atoms with Gasteiger partial charge in [-0.25, -0.2) is 9.97 Å². The Morgan fingerprint density at radius 2 is 2.12 bits per heavy atom. The highest BCUT2D eigenvalue weighted by Crippen LogP contribution is 2.29. The van der Waals surface area contributed by atoms with Crippen molar-refractivity contribution in [1.82, 2.24) is 20.2 Å². The van der Waals surface area contributed by atoms with Crippen molar-refractivity contribution in [3.8, 4) is 0 Å². The van der Waals surface area contributed by atoms with E-state index in [1.165, 1.54) is 5.56 Å². The Balaban J connectivity index is 1.61. The van der Waals surface area contributed by atoms with Gasteiger partial charge in [0.15, 0.2) is 0 Å². The molecule has 2 aliphatic rings. The molecule has 130 valence electrons. The minimum Gasteiger partial charge on any atom is -0.352 e. The van der Waals surface area contributed by atoms with Crippen LogP contribution >= 0.6 is 0 Å². The monoisotopic (exact) mass is 336 g/mol. The molecule has 2 heterocycles. The molecule has 1 N–H and O–H groups in total. The fourth-order valence-electron chi connectivity index (χ4n) is 3.43. The fourth-order valence-corrected chi connectivity index (χ4v) is 3.43. The number of fused-ring (bicyclic) bond motifs is 1. The number of amides is 1. The van der Waals surface area contributed by atoms with Gasteiger partial charge >= 0.3 is 0 Å². The molecule has 5 nitrogen and oxygen atoms in total. The highest BCUT2D eigenvalue weighted by Gasteiger charge is 2.34. The molecule has 0 radical (unpaired) electrons. The summed E-state index contributed by atoms with van der Waals surface area (Å²) >= 11 is 0. The van der Waals surface area contributed by atoms with E-state index in [4.69, 9.17) is 4.98 Å². The Bertz CT molecular complexity index is 758. The Hall–Kier alpha value is -2.27. The van der Waals surface area contributed by atoms with Crippen LogP contribution in [0.2, 0.25) is 0 Å². The van der Waals surface area contributed by atoms with E-state index in [9.17, 15) is 4.79 Å². The van der Waals surface area contributed by atoms with E-state index in [-0.39, 0.29) is 11.9 Å². The van der Waals surface area contributed by atoms with Crippen molar-refractivity contribution < 1.29 is 4.79 Å². The van der Waals surface area contributed by atoms with E-state index < -0.39 is 0 Å². The molecule has 1 unspecified atom stereocenters. The average molecular weight is 336 g/mol. The lowest BCUT2D eigenvalue weighted by atomic mass is 9.99. The number of aromatic nitrogens is 2. The van der Waals surface area contributed by atoms with Crippen LogP contribution in [0.3, 0.4) is 0 Å². The van der Waals surface area contributed by atoms with E-state index >= 15 is 0 Å². The number of rotatable bonds is 5. The number of carbonyl (C=O) groups is 1. The molecule has 5 heteroatoms. The molecule has 1 aliphatic heterocycles. The maximum Gasteiger partial charge on any atom is 0.242 e. The Morgan fingerprint density at radius 1 is 1.32 bits per heavy atom. The maximum atomic E-state index is 12.9. The number of benzene rings is 1. The van der Waals surface area contributed by atoms with Crippen LogP contribution in [0.25, 0.3) is 0 Å². The fraction of sp³-hybridized carbons (Fsp3) is 0.450. The number of hydrogen-bond donors (Lipinski definition) is 1. The van der Waals surface area contributed by atoms with Crippen molar-refractivity contribution in [1.29, 1.82) is 0 Å². The minimum absolute atomic E-state index is 0.113. The van der Waals surface area contributed by atoms with Crippen LogP contribution in [0.4, 0.5) is 0 Å². The highest BCUT2D eigenvalue weighted by atomic mass is 16.2. The SMILES string of the molecule is CCc1ncc2c(n1)CN(C(C(=O)NC1CC1)c1ccccc1)CC2. The Kier molecular flexibility index (Phi) is 4.49. The van der Waals surface area contributed by atoms with Crippen LogP contribution in [0.5, 0.6) is 0 Å². The minimum atomic E-state index is -0.255. The third kappa shape index (κ3) is 3.56. The summed E-state index contributed by atoms with van der Waals surface area (Å²) in [5.74, 6) is 0.987. The zero-order valence-corrected chi connectivity index (χ0v) is 14.6. The van der Waals surface area contributed by atoms with Gasteiger partial charge in [-0.2, -0.15) is 0 Å². The van der Waals surface area contributed by atoms with Crippen molar-refractivity contribution >= 4 is 5.91 Å². The molecule has 1 saturated carbocycles. The molecule has 0 saturated heterocycles. The topological polar surface area (TPSA) is 58.1 Å². The zero-order valence-electron chi connectivity index (χ0n) is 14.6. The largest absolute Gasteiger partial charge is 0.352 e. The molecule has 4 rings (SSSR count). The predicted molar refractivity (Wildman–Crippen MR) is 95.9 cm³/mol. The van der Waals surface area contributed by atoms with Gasteiger partial charge in [-0.3, -0.25) is 9.69 Å². The standard InChI is InChI=1S/C20H24N4O/c1-2-18-21-12-15-10-11-24(13-17(15)23-18)19(14-6-4-3-5-7-14)20(25)22-16-8-9-16/h3-7,12,16,19H,2,8-11,13H2,1H3,(H,22,25). The first kappa shape index (κ1) is 16.2. The smallest absolute Gasteiger partial charge is 0.242 e. The molecule has 1 aliphatic carbocycles. The van der Waals surface area contributed by atoms with Gasteiger partial charge in [0, 0.05) is 31.7 Å². The van der Waals surface area contributed by atoms with E-state index in [0.717, 1.165) is 49.3 Å². The first-order chi connectivity index (χ1) is 12.2. The highest BCUT2D eigenvalue weighted by molar-refractivity contribution is 5.83. The summed E-state index contributed by atoms with van der Waals surface area (Å²) in [6.45, 7) is 3.61. The molecule has 1 aromatic carbocycles. The lowest BCUT2D eigenvalue weighted by Gasteiger charge is -2.34. The van der Waals surface area contributed by atoms with Gasteiger partial charge in [0.25, 0.3) is 0 Å². The summed E-state index contributed by atoms with van der Waals surface area (Å²) in [4.78, 5) is 24.3. The summed E-state index contributed by atoms with van der Waals surface area (Å²) in [7, 11) is 0. The molecule has 0 spiro atoms. The molecule has 1 amide bonds. The van der Waals surface area contributed by atoms with Crippen LogP contribution in [-0.4, -0.2) is 33.4 Å². The second kappa shape index (κ2) is 6.92. The van der Waals surface area contributed by atoms with Crippen molar-refractivity contribution in [3.05, 3.63) is 59.2 Å². The van der Waals surface area contributed by atoms with E-state index in [1.54, 1.807) is 0 Å². The summed E-state index contributed by atoms with van der Waals surface area (Å²) in [6, 6.07) is 10.2. The van der Waals surface area contributed by atoms with E-state index in [0.29, 0.717) is 12.6 Å². The molecular weight excluding hydrogens is 312 g/mol. The van der Waals surface area contributed by atoms with Gasteiger partial charge in [-0.1, -0.05) is 37.3 Å². The Morgan fingerprint density at radius 3 is 2.84 bits per heavy atom.